The van der Waals surface area contributed by atoms with Gasteiger partial charge in [-0.15, -0.1) is 0 Å². The third-order valence-electron chi connectivity index (χ3n) is 3.03. The Morgan fingerprint density at radius 2 is 1.32 bits per heavy atom. The molecular formula is C14H15IN3Se. The molecule has 1 aliphatic heterocycles. The fourth-order valence-electron chi connectivity index (χ4n) is 1.99. The van der Waals surface area contributed by atoms with Gasteiger partial charge in [-0.2, -0.15) is 0 Å². The normalized spacial score (nSPS) is 11.5. The molecular weight excluding hydrogens is 416 g/mol. The van der Waals surface area contributed by atoms with Crippen LogP contribution in [-0.4, -0.2) is 29.1 Å². The van der Waals surface area contributed by atoms with Crippen LogP contribution in [0, 0.1) is 0 Å². The molecule has 0 saturated carbocycles. The summed E-state index contributed by atoms with van der Waals surface area (Å²) in [6.07, 6.45) is 0. The van der Waals surface area contributed by atoms with Gasteiger partial charge in [-0.1, -0.05) is 0 Å². The fourth-order valence-corrected chi connectivity index (χ4v) is 4.23. The largest absolute Gasteiger partial charge is 1.00 e. The van der Waals surface area contributed by atoms with E-state index in [4.69, 9.17) is 0 Å². The van der Waals surface area contributed by atoms with Crippen molar-refractivity contribution < 1.29 is 24.0 Å². The van der Waals surface area contributed by atoms with E-state index in [0.29, 0.717) is 15.0 Å². The molecule has 0 unspecified atom stereocenters. The maximum Gasteiger partial charge on any atom is -1.00 e. The van der Waals surface area contributed by atoms with E-state index in [2.05, 4.69) is 52.3 Å². The van der Waals surface area contributed by atoms with Crippen LogP contribution in [0.3, 0.4) is 0 Å². The summed E-state index contributed by atoms with van der Waals surface area (Å²) in [7, 11) is 3.91. The van der Waals surface area contributed by atoms with Gasteiger partial charge < -0.3 is 24.0 Å². The van der Waals surface area contributed by atoms with Gasteiger partial charge in [0.1, 0.15) is 0 Å². The molecule has 2 aromatic carbocycles. The molecule has 3 N–H and O–H groups in total. The summed E-state index contributed by atoms with van der Waals surface area (Å²) in [5.74, 6) is 0. The molecule has 99 valence electrons. The predicted octanol–water partition coefficient (Wildman–Crippen LogP) is -1.51. The molecule has 0 atom stereocenters. The molecule has 1 aliphatic rings. The molecule has 0 aromatic heterocycles. The van der Waals surface area contributed by atoms with Crippen molar-refractivity contribution in [1.82, 2.24) is 0 Å². The first-order chi connectivity index (χ1) is 8.80. The molecule has 5 heteroatoms. The van der Waals surface area contributed by atoms with Gasteiger partial charge in [-0.05, 0) is 0 Å². The van der Waals surface area contributed by atoms with Crippen LogP contribution in [0.25, 0.3) is 0 Å². The molecule has 0 spiro atoms. The van der Waals surface area contributed by atoms with Crippen molar-refractivity contribution >= 4 is 46.6 Å². The van der Waals surface area contributed by atoms with E-state index in [9.17, 15) is 0 Å². The van der Waals surface area contributed by atoms with Gasteiger partial charge >= 0.3 is 113 Å². The molecule has 1 radical (unpaired) electrons. The Labute approximate surface area is 136 Å². The third-order valence-corrected chi connectivity index (χ3v) is 5.37. The number of halogens is 1. The van der Waals surface area contributed by atoms with Crippen molar-refractivity contribution in [3.05, 3.63) is 36.4 Å². The molecule has 0 fully saturated rings. The molecule has 2 aromatic rings. The first kappa shape index (κ1) is 14.5. The SMILES string of the molecule is CNc1ccc2c(c1)[Se+]c1cc(NC)ccc1N2.[I-]. The van der Waals surface area contributed by atoms with Crippen molar-refractivity contribution in [2.45, 2.75) is 0 Å². The Hall–Kier alpha value is -0.911. The Balaban J connectivity index is 0.00000133. The zero-order valence-corrected chi connectivity index (χ0v) is 14.6. The number of benzene rings is 2. The van der Waals surface area contributed by atoms with Crippen LogP contribution >= 0.6 is 0 Å². The van der Waals surface area contributed by atoms with Gasteiger partial charge in [0.2, 0.25) is 0 Å². The van der Waals surface area contributed by atoms with Crippen molar-refractivity contribution in [3.63, 3.8) is 0 Å². The van der Waals surface area contributed by atoms with Crippen molar-refractivity contribution in [2.24, 2.45) is 0 Å². The number of rotatable bonds is 2. The van der Waals surface area contributed by atoms with E-state index in [1.165, 1.54) is 31.7 Å². The van der Waals surface area contributed by atoms with Gasteiger partial charge in [-0.3, -0.25) is 0 Å². The molecule has 1 heterocycles. The Morgan fingerprint density at radius 1 is 0.842 bits per heavy atom. The second-order valence-electron chi connectivity index (χ2n) is 4.15. The average molecular weight is 431 g/mol. The second-order valence-corrected chi connectivity index (χ2v) is 6.42. The molecule has 3 nitrogen and oxygen atoms in total. The van der Waals surface area contributed by atoms with Gasteiger partial charge in [0.15, 0.2) is 0 Å². The fraction of sp³-hybridized carbons (Fsp3) is 0.143. The Morgan fingerprint density at radius 3 is 1.74 bits per heavy atom. The smallest absolute Gasteiger partial charge is 1.00 e. The van der Waals surface area contributed by atoms with Crippen LogP contribution in [0.15, 0.2) is 36.4 Å². The third kappa shape index (κ3) is 2.83. The summed E-state index contributed by atoms with van der Waals surface area (Å²) in [5.41, 5.74) is 4.81. The quantitative estimate of drug-likeness (QED) is 0.341. The predicted molar refractivity (Wildman–Crippen MR) is 80.3 cm³/mol. The van der Waals surface area contributed by atoms with Crippen LogP contribution < -0.4 is 48.9 Å². The summed E-state index contributed by atoms with van der Waals surface area (Å²) in [6.45, 7) is 0. The van der Waals surface area contributed by atoms with Gasteiger partial charge in [0.25, 0.3) is 0 Å². The summed E-state index contributed by atoms with van der Waals surface area (Å²) < 4.78 is 2.80. The van der Waals surface area contributed by atoms with E-state index in [0.717, 1.165) is 0 Å². The maximum absolute atomic E-state index is 3.50. The van der Waals surface area contributed by atoms with E-state index in [-0.39, 0.29) is 24.0 Å². The minimum atomic E-state index is 0. The number of anilines is 4. The monoisotopic (exact) mass is 432 g/mol. The van der Waals surface area contributed by atoms with Crippen LogP contribution in [-0.2, 0) is 0 Å². The summed E-state index contributed by atoms with van der Waals surface area (Å²) in [6, 6.07) is 13.0. The number of fused-ring (bicyclic) bond motifs is 2. The van der Waals surface area contributed by atoms with Crippen molar-refractivity contribution in [2.75, 3.05) is 30.0 Å². The molecule has 3 rings (SSSR count). The van der Waals surface area contributed by atoms with Crippen molar-refractivity contribution in [1.29, 1.82) is 0 Å². The van der Waals surface area contributed by atoms with Crippen LogP contribution in [0.5, 0.6) is 0 Å². The van der Waals surface area contributed by atoms with Gasteiger partial charge in [0.05, 0.1) is 0 Å². The Bertz CT molecular complexity index is 550. The van der Waals surface area contributed by atoms with E-state index < -0.39 is 0 Å². The topological polar surface area (TPSA) is 36.1 Å². The number of hydrogen-bond acceptors (Lipinski definition) is 3. The van der Waals surface area contributed by atoms with Crippen molar-refractivity contribution in [3.8, 4) is 0 Å². The number of hydrogen-bond donors (Lipinski definition) is 3. The summed E-state index contributed by atoms with van der Waals surface area (Å²) in [4.78, 5) is 0. The van der Waals surface area contributed by atoms with Crippen LogP contribution in [0.4, 0.5) is 22.7 Å². The standard InChI is InChI=1S/C14H15N3Se.HI/c1-15-9-3-5-11-13(7-9)18-14-8-10(16-2)4-6-12(14)17-11;/h3-8,15-17H,1-2H3;1H/q+1;/p-1. The zero-order chi connectivity index (χ0) is 12.5. The first-order valence-corrected chi connectivity index (χ1v) is 7.60. The number of nitrogens with one attached hydrogen (secondary N) is 3. The minimum Gasteiger partial charge on any atom is -1.00 e. The van der Waals surface area contributed by atoms with E-state index in [1.807, 2.05) is 14.1 Å². The van der Waals surface area contributed by atoms with Gasteiger partial charge in [-0.25, -0.2) is 0 Å². The summed E-state index contributed by atoms with van der Waals surface area (Å²) in [5, 5.41) is 9.89. The van der Waals surface area contributed by atoms with E-state index in [1.54, 1.807) is 0 Å². The molecule has 0 aliphatic carbocycles. The van der Waals surface area contributed by atoms with E-state index >= 15 is 0 Å². The molecule has 19 heavy (non-hydrogen) atoms. The van der Waals surface area contributed by atoms with Crippen LogP contribution in [0.1, 0.15) is 0 Å². The average Bonchev–Trinajstić information content (AvgIpc) is 2.43. The first-order valence-electron chi connectivity index (χ1n) is 5.88. The summed E-state index contributed by atoms with van der Waals surface area (Å²) >= 11 is 0.357. The zero-order valence-electron chi connectivity index (χ0n) is 10.8. The minimum absolute atomic E-state index is 0. The molecule has 0 bridgehead atoms. The molecule has 0 amide bonds. The van der Waals surface area contributed by atoms with Gasteiger partial charge in [0, 0.05) is 0 Å². The van der Waals surface area contributed by atoms with Crippen LogP contribution in [0.2, 0.25) is 0 Å². The maximum atomic E-state index is 3.50. The Kier molecular flexibility index (Phi) is 4.60. The second kappa shape index (κ2) is 6.03. The molecule has 0 saturated heterocycles.